The van der Waals surface area contributed by atoms with Crippen LogP contribution in [0.3, 0.4) is 0 Å². The molecule has 3 amide bonds. The molecule has 1 aromatic carbocycles. The van der Waals surface area contributed by atoms with Gasteiger partial charge in [-0.15, -0.1) is 0 Å². The van der Waals surface area contributed by atoms with Gasteiger partial charge in [0.05, 0.1) is 25.7 Å². The molecule has 0 unspecified atom stereocenters. The number of nitrogens with one attached hydrogen (secondary N) is 1. The van der Waals surface area contributed by atoms with Gasteiger partial charge in [-0.1, -0.05) is 0 Å². The Morgan fingerprint density at radius 3 is 2.86 bits per heavy atom. The van der Waals surface area contributed by atoms with Gasteiger partial charge in [0.15, 0.2) is 0 Å². The Morgan fingerprint density at radius 2 is 2.19 bits per heavy atom. The molecular weight excluding hydrogens is 272 g/mol. The number of nitrogens with two attached hydrogens (primary N) is 1. The number of methoxy groups -OCH3 is 1. The minimum atomic E-state index is -0.408. The van der Waals surface area contributed by atoms with Gasteiger partial charge in [-0.2, -0.15) is 0 Å². The fourth-order valence-electron chi connectivity index (χ4n) is 2.24. The Morgan fingerprint density at radius 1 is 1.38 bits per heavy atom. The highest BCUT2D eigenvalue weighted by atomic mass is 16.5. The Hall–Kier alpha value is -2.83. The van der Waals surface area contributed by atoms with Gasteiger partial charge >= 0.3 is 6.03 Å². The molecule has 1 fully saturated rings. The van der Waals surface area contributed by atoms with Crippen LogP contribution < -0.4 is 15.8 Å². The largest absolute Gasteiger partial charge is 0.497 e. The van der Waals surface area contributed by atoms with Crippen LogP contribution in [0.2, 0.25) is 0 Å². The van der Waals surface area contributed by atoms with Crippen LogP contribution in [0.25, 0.3) is 10.9 Å². The maximum Gasteiger partial charge on any atom is 0.324 e. The molecule has 0 aliphatic carbocycles. The van der Waals surface area contributed by atoms with Crippen molar-refractivity contribution in [1.29, 1.82) is 0 Å². The van der Waals surface area contributed by atoms with E-state index in [9.17, 15) is 9.59 Å². The number of hydrogen-bond acceptors (Lipinski definition) is 5. The molecule has 108 valence electrons. The van der Waals surface area contributed by atoms with Crippen molar-refractivity contribution in [3.8, 4) is 5.75 Å². The number of rotatable bonds is 3. The molecule has 1 aliphatic heterocycles. The maximum absolute atomic E-state index is 11.6. The van der Waals surface area contributed by atoms with Crippen LogP contribution in [0, 0.1) is 0 Å². The number of benzene rings is 1. The Kier molecular flexibility index (Phi) is 3.09. The molecule has 7 heteroatoms. The molecule has 1 saturated heterocycles. The van der Waals surface area contributed by atoms with Gasteiger partial charge in [-0.3, -0.25) is 9.69 Å². The number of hydrogen-bond donors (Lipinski definition) is 2. The molecule has 2 heterocycles. The zero-order valence-electron chi connectivity index (χ0n) is 11.4. The molecule has 0 radical (unpaired) electrons. The van der Waals surface area contributed by atoms with E-state index in [0.717, 1.165) is 10.3 Å². The summed E-state index contributed by atoms with van der Waals surface area (Å²) in [6.07, 6.45) is 0. The molecule has 0 atom stereocenters. The second kappa shape index (κ2) is 4.93. The number of imide groups is 1. The van der Waals surface area contributed by atoms with Crippen molar-refractivity contribution in [2.75, 3.05) is 19.4 Å². The van der Waals surface area contributed by atoms with Gasteiger partial charge in [-0.25, -0.2) is 9.78 Å². The molecule has 21 heavy (non-hydrogen) atoms. The lowest BCUT2D eigenvalue weighted by Crippen LogP contribution is -2.30. The van der Waals surface area contributed by atoms with Gasteiger partial charge in [0.1, 0.15) is 11.6 Å². The molecule has 2 aromatic rings. The summed E-state index contributed by atoms with van der Waals surface area (Å²) in [6, 6.07) is 6.88. The van der Waals surface area contributed by atoms with Gasteiger partial charge in [0, 0.05) is 17.0 Å². The first kappa shape index (κ1) is 13.2. The van der Waals surface area contributed by atoms with E-state index >= 15 is 0 Å². The first-order chi connectivity index (χ1) is 10.1. The lowest BCUT2D eigenvalue weighted by molar-refractivity contribution is -0.125. The number of anilines is 1. The predicted octanol–water partition coefficient (Wildman–Crippen LogP) is 0.877. The number of nitrogen functional groups attached to an aromatic ring is 1. The van der Waals surface area contributed by atoms with Crippen molar-refractivity contribution in [3.63, 3.8) is 0 Å². The van der Waals surface area contributed by atoms with Gasteiger partial charge in [0.25, 0.3) is 0 Å². The van der Waals surface area contributed by atoms with E-state index in [1.807, 2.05) is 18.2 Å². The summed E-state index contributed by atoms with van der Waals surface area (Å²) in [5, 5.41) is 3.34. The SMILES string of the molecule is COc1ccc2cc(CN3C(=O)CNC3=O)c(N)nc2c1. The third kappa shape index (κ3) is 2.33. The predicted molar refractivity (Wildman–Crippen MR) is 76.7 cm³/mol. The standard InChI is InChI=1S/C14H14N4O3/c1-21-10-3-2-8-4-9(13(15)17-11(8)5-10)7-18-12(19)6-16-14(18)20/h2-5H,6-7H2,1H3,(H2,15,17)(H,16,20). The Bertz CT molecular complexity index is 728. The van der Waals surface area contributed by atoms with E-state index in [-0.39, 0.29) is 19.0 Å². The van der Waals surface area contributed by atoms with Crippen molar-refractivity contribution in [2.24, 2.45) is 0 Å². The zero-order valence-corrected chi connectivity index (χ0v) is 11.4. The molecule has 0 saturated carbocycles. The van der Waals surface area contributed by atoms with Gasteiger partial charge < -0.3 is 15.8 Å². The number of fused-ring (bicyclic) bond motifs is 1. The second-order valence-corrected chi connectivity index (χ2v) is 4.73. The number of nitrogens with zero attached hydrogens (tertiary/aromatic N) is 2. The van der Waals surface area contributed by atoms with Crippen molar-refractivity contribution in [1.82, 2.24) is 15.2 Å². The normalized spacial score (nSPS) is 14.6. The second-order valence-electron chi connectivity index (χ2n) is 4.73. The van der Waals surface area contributed by atoms with Crippen molar-refractivity contribution in [2.45, 2.75) is 6.54 Å². The van der Waals surface area contributed by atoms with Crippen molar-refractivity contribution < 1.29 is 14.3 Å². The fourth-order valence-corrected chi connectivity index (χ4v) is 2.24. The smallest absolute Gasteiger partial charge is 0.324 e. The maximum atomic E-state index is 11.6. The number of carbonyl (C=O) groups is 2. The van der Waals surface area contributed by atoms with E-state index in [0.29, 0.717) is 22.6 Å². The minimum absolute atomic E-state index is 0.0247. The summed E-state index contributed by atoms with van der Waals surface area (Å²) in [5.41, 5.74) is 7.26. The fraction of sp³-hybridized carbons (Fsp3) is 0.214. The molecule has 1 aromatic heterocycles. The van der Waals surface area contributed by atoms with Gasteiger partial charge in [-0.05, 0) is 18.2 Å². The highest BCUT2D eigenvalue weighted by Crippen LogP contribution is 2.24. The number of aromatic nitrogens is 1. The summed E-state index contributed by atoms with van der Waals surface area (Å²) >= 11 is 0. The molecular formula is C14H14N4O3. The molecule has 3 N–H and O–H groups in total. The Balaban J connectivity index is 1.97. The highest BCUT2D eigenvalue weighted by molar-refractivity contribution is 6.02. The monoisotopic (exact) mass is 286 g/mol. The third-order valence-electron chi connectivity index (χ3n) is 3.40. The van der Waals surface area contributed by atoms with Crippen LogP contribution in [-0.2, 0) is 11.3 Å². The van der Waals surface area contributed by atoms with E-state index in [1.54, 1.807) is 13.2 Å². The molecule has 0 spiro atoms. The highest BCUT2D eigenvalue weighted by Gasteiger charge is 2.29. The van der Waals surface area contributed by atoms with Crippen LogP contribution in [-0.4, -0.2) is 35.5 Å². The summed E-state index contributed by atoms with van der Waals surface area (Å²) in [5.74, 6) is 0.716. The third-order valence-corrected chi connectivity index (χ3v) is 3.40. The molecule has 7 nitrogen and oxygen atoms in total. The topological polar surface area (TPSA) is 97.5 Å². The van der Waals surface area contributed by atoms with Crippen LogP contribution in [0.15, 0.2) is 24.3 Å². The summed E-state index contributed by atoms with van der Waals surface area (Å²) in [7, 11) is 1.58. The van der Waals surface area contributed by atoms with Crippen LogP contribution >= 0.6 is 0 Å². The number of amides is 3. The summed E-state index contributed by atoms with van der Waals surface area (Å²) in [4.78, 5) is 28.6. The zero-order chi connectivity index (χ0) is 15.0. The van der Waals surface area contributed by atoms with E-state index in [4.69, 9.17) is 10.5 Å². The number of pyridine rings is 1. The summed E-state index contributed by atoms with van der Waals surface area (Å²) in [6.45, 7) is 0.141. The van der Waals surface area contributed by atoms with Crippen LogP contribution in [0.5, 0.6) is 5.75 Å². The van der Waals surface area contributed by atoms with Gasteiger partial charge in [0.2, 0.25) is 5.91 Å². The van der Waals surface area contributed by atoms with Crippen LogP contribution in [0.1, 0.15) is 5.56 Å². The lowest BCUT2D eigenvalue weighted by Gasteiger charge is -2.14. The first-order valence-electron chi connectivity index (χ1n) is 6.40. The Labute approximate surface area is 120 Å². The molecule has 0 bridgehead atoms. The quantitative estimate of drug-likeness (QED) is 0.816. The molecule has 3 rings (SSSR count). The van der Waals surface area contributed by atoms with E-state index < -0.39 is 6.03 Å². The molecule has 1 aliphatic rings. The van der Waals surface area contributed by atoms with Crippen LogP contribution in [0.4, 0.5) is 10.6 Å². The average molecular weight is 286 g/mol. The number of carbonyl (C=O) groups excluding carboxylic acids is 2. The minimum Gasteiger partial charge on any atom is -0.497 e. The number of ether oxygens (including phenoxy) is 1. The van der Waals surface area contributed by atoms with E-state index in [1.165, 1.54) is 0 Å². The summed E-state index contributed by atoms with van der Waals surface area (Å²) < 4.78 is 5.14. The number of urea groups is 1. The van der Waals surface area contributed by atoms with Crippen molar-refractivity contribution in [3.05, 3.63) is 29.8 Å². The van der Waals surface area contributed by atoms with Crippen molar-refractivity contribution >= 4 is 28.7 Å². The van der Waals surface area contributed by atoms with E-state index in [2.05, 4.69) is 10.3 Å². The lowest BCUT2D eigenvalue weighted by atomic mass is 10.1. The average Bonchev–Trinajstić information content (AvgIpc) is 2.79. The first-order valence-corrected chi connectivity index (χ1v) is 6.40.